The van der Waals surface area contributed by atoms with Gasteiger partial charge in [-0.25, -0.2) is 0 Å². The van der Waals surface area contributed by atoms with Crippen LogP contribution in [0.5, 0.6) is 11.5 Å². The summed E-state index contributed by atoms with van der Waals surface area (Å²) < 4.78 is 11.5. The van der Waals surface area contributed by atoms with Crippen molar-refractivity contribution in [3.63, 3.8) is 0 Å². The highest BCUT2D eigenvalue weighted by atomic mass is 16.6. The number of fused-ring (bicyclic) bond motifs is 2. The Morgan fingerprint density at radius 3 is 2.71 bits per heavy atom. The molecule has 5 heteroatoms. The zero-order valence-electron chi connectivity index (χ0n) is 13.3. The van der Waals surface area contributed by atoms with E-state index < -0.39 is 0 Å². The van der Waals surface area contributed by atoms with Crippen molar-refractivity contribution in [3.8, 4) is 11.5 Å². The molecule has 2 aliphatic rings. The van der Waals surface area contributed by atoms with Crippen molar-refractivity contribution in [2.24, 2.45) is 0 Å². The number of hydrogen-bond acceptors (Lipinski definition) is 4. The Kier molecular flexibility index (Phi) is 4.09. The third kappa shape index (κ3) is 3.08. The number of carbonyl (C=O) groups is 1. The Hall–Kier alpha value is -2.53. The summed E-state index contributed by atoms with van der Waals surface area (Å²) in [4.78, 5) is 12.4. The molecule has 2 atom stereocenters. The highest BCUT2D eigenvalue weighted by Crippen LogP contribution is 2.30. The fourth-order valence-electron chi connectivity index (χ4n) is 3.14. The molecule has 4 rings (SSSR count). The first-order valence-corrected chi connectivity index (χ1v) is 8.26. The van der Waals surface area contributed by atoms with Crippen molar-refractivity contribution in [3.05, 3.63) is 59.7 Å². The Morgan fingerprint density at radius 2 is 1.83 bits per heavy atom. The second-order valence-corrected chi connectivity index (χ2v) is 6.15. The molecule has 0 spiro atoms. The molecule has 0 radical (unpaired) electrons. The van der Waals surface area contributed by atoms with E-state index in [0.717, 1.165) is 18.0 Å². The Balaban J connectivity index is 1.32. The average Bonchev–Trinajstić information content (AvgIpc) is 2.65. The Morgan fingerprint density at radius 1 is 1.08 bits per heavy atom. The van der Waals surface area contributed by atoms with Crippen LogP contribution in [0.3, 0.4) is 0 Å². The fraction of sp³-hybridized carbons (Fsp3) is 0.316. The zero-order valence-corrected chi connectivity index (χ0v) is 13.3. The lowest BCUT2D eigenvalue weighted by molar-refractivity contribution is -0.123. The van der Waals surface area contributed by atoms with Gasteiger partial charge in [0.25, 0.3) is 0 Å². The molecule has 124 valence electrons. The molecule has 0 fully saturated rings. The lowest BCUT2D eigenvalue weighted by Crippen LogP contribution is -2.50. The molecule has 2 aromatic rings. The molecule has 2 aliphatic heterocycles. The summed E-state index contributed by atoms with van der Waals surface area (Å²) >= 11 is 0. The van der Waals surface area contributed by atoms with Crippen molar-refractivity contribution in [2.45, 2.75) is 25.1 Å². The van der Waals surface area contributed by atoms with Gasteiger partial charge >= 0.3 is 0 Å². The van der Waals surface area contributed by atoms with Gasteiger partial charge in [-0.1, -0.05) is 36.4 Å². The SMILES string of the molecule is O=C(NCC1COc2ccccc2O1)C1Cc2ccccc2CN1. The molecule has 0 aliphatic carbocycles. The first kappa shape index (κ1) is 15.0. The second-order valence-electron chi connectivity index (χ2n) is 6.15. The summed E-state index contributed by atoms with van der Waals surface area (Å²) in [6, 6.07) is 15.6. The fourth-order valence-corrected chi connectivity index (χ4v) is 3.14. The number of carbonyl (C=O) groups excluding carboxylic acids is 1. The predicted molar refractivity (Wildman–Crippen MR) is 90.1 cm³/mol. The highest BCUT2D eigenvalue weighted by molar-refractivity contribution is 5.82. The molecule has 0 bridgehead atoms. The third-order valence-corrected chi connectivity index (χ3v) is 4.47. The first-order valence-electron chi connectivity index (χ1n) is 8.26. The van der Waals surface area contributed by atoms with Crippen molar-refractivity contribution < 1.29 is 14.3 Å². The summed E-state index contributed by atoms with van der Waals surface area (Å²) in [6.45, 7) is 1.61. The van der Waals surface area contributed by atoms with E-state index in [4.69, 9.17) is 9.47 Å². The summed E-state index contributed by atoms with van der Waals surface area (Å²) in [5.41, 5.74) is 2.50. The third-order valence-electron chi connectivity index (χ3n) is 4.47. The number of rotatable bonds is 3. The minimum atomic E-state index is -0.198. The van der Waals surface area contributed by atoms with E-state index in [1.807, 2.05) is 36.4 Å². The number of ether oxygens (including phenoxy) is 2. The van der Waals surface area contributed by atoms with Crippen LogP contribution in [0.15, 0.2) is 48.5 Å². The van der Waals surface area contributed by atoms with E-state index in [0.29, 0.717) is 19.6 Å². The van der Waals surface area contributed by atoms with E-state index >= 15 is 0 Å². The van der Waals surface area contributed by atoms with E-state index in [1.54, 1.807) is 0 Å². The summed E-state index contributed by atoms with van der Waals surface area (Å²) in [6.07, 6.45) is 0.548. The average molecular weight is 324 g/mol. The van der Waals surface area contributed by atoms with Crippen LogP contribution < -0.4 is 20.1 Å². The lowest BCUT2D eigenvalue weighted by Gasteiger charge is -2.28. The van der Waals surface area contributed by atoms with E-state index in [-0.39, 0.29) is 18.1 Å². The summed E-state index contributed by atoms with van der Waals surface area (Å²) in [5.74, 6) is 1.49. The van der Waals surface area contributed by atoms with Crippen molar-refractivity contribution in [1.82, 2.24) is 10.6 Å². The molecule has 2 unspecified atom stereocenters. The van der Waals surface area contributed by atoms with Gasteiger partial charge in [0.05, 0.1) is 12.6 Å². The number of nitrogens with one attached hydrogen (secondary N) is 2. The monoisotopic (exact) mass is 324 g/mol. The second kappa shape index (κ2) is 6.53. The summed E-state index contributed by atoms with van der Waals surface area (Å²) in [7, 11) is 0. The number of para-hydroxylation sites is 2. The molecule has 2 aromatic carbocycles. The van der Waals surface area contributed by atoms with Crippen LogP contribution in [0.25, 0.3) is 0 Å². The molecule has 0 saturated heterocycles. The molecular weight excluding hydrogens is 304 g/mol. The molecule has 0 aromatic heterocycles. The van der Waals surface area contributed by atoms with E-state index in [1.165, 1.54) is 11.1 Å². The van der Waals surface area contributed by atoms with Gasteiger partial charge in [0, 0.05) is 6.54 Å². The zero-order chi connectivity index (χ0) is 16.4. The van der Waals surface area contributed by atoms with Gasteiger partial charge in [-0.05, 0) is 29.7 Å². The minimum absolute atomic E-state index is 0.00645. The van der Waals surface area contributed by atoms with Crippen LogP contribution in [0.1, 0.15) is 11.1 Å². The van der Waals surface area contributed by atoms with Crippen molar-refractivity contribution >= 4 is 5.91 Å². The van der Waals surface area contributed by atoms with Crippen molar-refractivity contribution in [1.29, 1.82) is 0 Å². The maximum absolute atomic E-state index is 12.4. The van der Waals surface area contributed by atoms with E-state index in [9.17, 15) is 4.79 Å². The number of hydrogen-bond donors (Lipinski definition) is 2. The number of amides is 1. The van der Waals surface area contributed by atoms with Gasteiger partial charge in [-0.2, -0.15) is 0 Å². The van der Waals surface area contributed by atoms with Crippen molar-refractivity contribution in [2.75, 3.05) is 13.2 Å². The van der Waals surface area contributed by atoms with Gasteiger partial charge in [-0.3, -0.25) is 4.79 Å². The maximum Gasteiger partial charge on any atom is 0.237 e. The van der Waals surface area contributed by atoms with Gasteiger partial charge < -0.3 is 20.1 Å². The van der Waals surface area contributed by atoms with Crippen LogP contribution in [0.2, 0.25) is 0 Å². The summed E-state index contributed by atoms with van der Waals surface area (Å²) in [5, 5.41) is 6.27. The van der Waals surface area contributed by atoms with Crippen LogP contribution in [-0.4, -0.2) is 31.2 Å². The maximum atomic E-state index is 12.4. The number of benzene rings is 2. The normalized spacial score (nSPS) is 21.7. The predicted octanol–water partition coefficient (Wildman–Crippen LogP) is 1.66. The standard InChI is InChI=1S/C19H20N2O3/c22-19(16-9-13-5-1-2-6-14(13)10-20-16)21-11-15-12-23-17-7-3-4-8-18(17)24-15/h1-8,15-16,20H,9-12H2,(H,21,22). The Labute approximate surface area is 141 Å². The Bertz CT molecular complexity index is 747. The smallest absolute Gasteiger partial charge is 0.237 e. The van der Waals surface area contributed by atoms with Gasteiger partial charge in [0.1, 0.15) is 12.7 Å². The van der Waals surface area contributed by atoms with Crippen LogP contribution in [-0.2, 0) is 17.8 Å². The van der Waals surface area contributed by atoms with Crippen LogP contribution in [0.4, 0.5) is 0 Å². The van der Waals surface area contributed by atoms with Crippen LogP contribution >= 0.6 is 0 Å². The van der Waals surface area contributed by atoms with E-state index in [2.05, 4.69) is 22.8 Å². The molecule has 2 N–H and O–H groups in total. The molecule has 5 nitrogen and oxygen atoms in total. The molecule has 2 heterocycles. The quantitative estimate of drug-likeness (QED) is 0.901. The minimum Gasteiger partial charge on any atom is -0.486 e. The molecule has 24 heavy (non-hydrogen) atoms. The largest absolute Gasteiger partial charge is 0.486 e. The van der Waals surface area contributed by atoms with Gasteiger partial charge in [0.15, 0.2) is 11.5 Å². The van der Waals surface area contributed by atoms with Crippen LogP contribution in [0, 0.1) is 0 Å². The highest BCUT2D eigenvalue weighted by Gasteiger charge is 2.26. The van der Waals surface area contributed by atoms with Gasteiger partial charge in [-0.15, -0.1) is 0 Å². The molecular formula is C19H20N2O3. The first-order chi connectivity index (χ1) is 11.8. The molecule has 1 amide bonds. The lowest BCUT2D eigenvalue weighted by atomic mass is 9.95. The topological polar surface area (TPSA) is 59.6 Å². The van der Waals surface area contributed by atoms with Gasteiger partial charge in [0.2, 0.25) is 5.91 Å². The molecule has 0 saturated carbocycles.